The van der Waals surface area contributed by atoms with Gasteiger partial charge in [0.2, 0.25) is 5.89 Å². The average Bonchev–Trinajstić information content (AvgIpc) is 3.28. The van der Waals surface area contributed by atoms with Crippen molar-refractivity contribution in [2.45, 2.75) is 13.8 Å². The first-order chi connectivity index (χ1) is 16.9. The maximum Gasteiger partial charge on any atom is 0.227 e. The van der Waals surface area contributed by atoms with E-state index in [1.165, 1.54) is 12.1 Å². The molecular formula is C28H21FN4O2. The van der Waals surface area contributed by atoms with E-state index in [1.807, 2.05) is 32.0 Å². The number of nitrogens with zero attached hydrogens (tertiary/aromatic N) is 4. The number of fused-ring (bicyclic) bond motifs is 1. The molecule has 0 saturated carbocycles. The van der Waals surface area contributed by atoms with Crippen LogP contribution in [0.25, 0.3) is 22.6 Å². The van der Waals surface area contributed by atoms with E-state index in [0.717, 1.165) is 16.8 Å². The minimum atomic E-state index is -0.319. The van der Waals surface area contributed by atoms with E-state index in [1.54, 1.807) is 54.7 Å². The number of halogens is 1. The molecule has 0 bridgehead atoms. The van der Waals surface area contributed by atoms with Gasteiger partial charge in [-0.25, -0.2) is 9.37 Å². The fourth-order valence-corrected chi connectivity index (χ4v) is 3.50. The first-order valence-electron chi connectivity index (χ1n) is 11.0. The molecule has 35 heavy (non-hydrogen) atoms. The quantitative estimate of drug-likeness (QED) is 0.210. The van der Waals surface area contributed by atoms with Crippen LogP contribution in [0.1, 0.15) is 16.7 Å². The molecule has 1 N–H and O–H groups in total. The molecule has 1 heterocycles. The number of aryl methyl sites for hydroxylation is 2. The van der Waals surface area contributed by atoms with Crippen LogP contribution < -0.4 is 0 Å². The van der Waals surface area contributed by atoms with E-state index in [4.69, 9.17) is 4.42 Å². The molecule has 172 valence electrons. The Morgan fingerprint density at radius 1 is 0.857 bits per heavy atom. The van der Waals surface area contributed by atoms with E-state index in [-0.39, 0.29) is 11.6 Å². The number of aliphatic imine (C=N–C) groups is 1. The van der Waals surface area contributed by atoms with Crippen LogP contribution in [-0.4, -0.2) is 16.3 Å². The van der Waals surface area contributed by atoms with Crippen LogP contribution in [0, 0.1) is 19.7 Å². The fraction of sp³-hybridized carbons (Fsp3) is 0.0714. The van der Waals surface area contributed by atoms with E-state index < -0.39 is 0 Å². The van der Waals surface area contributed by atoms with Crippen molar-refractivity contribution < 1.29 is 13.9 Å². The van der Waals surface area contributed by atoms with Crippen molar-refractivity contribution in [2.24, 2.45) is 15.2 Å². The molecule has 5 rings (SSSR count). The van der Waals surface area contributed by atoms with Crippen molar-refractivity contribution in [1.82, 2.24) is 4.98 Å². The second-order valence-electron chi connectivity index (χ2n) is 8.17. The lowest BCUT2D eigenvalue weighted by Gasteiger charge is -2.02. The van der Waals surface area contributed by atoms with E-state index in [0.29, 0.717) is 39.5 Å². The maximum absolute atomic E-state index is 13.2. The highest BCUT2D eigenvalue weighted by Crippen LogP contribution is 2.29. The number of rotatable bonds is 5. The van der Waals surface area contributed by atoms with Gasteiger partial charge < -0.3 is 9.52 Å². The molecule has 0 unspecified atom stereocenters. The normalized spacial score (nSPS) is 11.7. The van der Waals surface area contributed by atoms with Crippen LogP contribution in [0.3, 0.4) is 0 Å². The Kier molecular flexibility index (Phi) is 5.89. The third-order valence-electron chi connectivity index (χ3n) is 5.46. The number of phenols is 1. The molecule has 1 aromatic heterocycles. The standard InChI is InChI=1S/C28H21FN4O2/c1-17-3-4-18(2)24(13-17)33-32-23-9-11-26(34)20(14-23)16-30-22-10-12-27-25(15-22)31-28(35-27)19-5-7-21(29)8-6-19/h3-16,34H,1-2H3. The lowest BCUT2D eigenvalue weighted by Crippen LogP contribution is -1.82. The number of aromatic hydroxyl groups is 1. The molecule has 0 aliphatic heterocycles. The zero-order valence-corrected chi connectivity index (χ0v) is 19.1. The number of aromatic nitrogens is 1. The monoisotopic (exact) mass is 464 g/mol. The molecule has 4 aromatic carbocycles. The Morgan fingerprint density at radius 2 is 1.66 bits per heavy atom. The summed E-state index contributed by atoms with van der Waals surface area (Å²) in [5.41, 5.74) is 6.59. The summed E-state index contributed by atoms with van der Waals surface area (Å²) >= 11 is 0. The zero-order valence-electron chi connectivity index (χ0n) is 19.1. The van der Waals surface area contributed by atoms with Crippen molar-refractivity contribution in [2.75, 3.05) is 0 Å². The van der Waals surface area contributed by atoms with E-state index in [9.17, 15) is 9.50 Å². The molecule has 6 nitrogen and oxygen atoms in total. The minimum absolute atomic E-state index is 0.0838. The largest absolute Gasteiger partial charge is 0.507 e. The molecule has 0 atom stereocenters. The molecule has 0 saturated heterocycles. The summed E-state index contributed by atoms with van der Waals surface area (Å²) in [6.45, 7) is 3.99. The molecule has 0 spiro atoms. The highest BCUT2D eigenvalue weighted by Gasteiger charge is 2.09. The molecule has 7 heteroatoms. The maximum atomic E-state index is 13.2. The van der Waals surface area contributed by atoms with Crippen molar-refractivity contribution in [3.63, 3.8) is 0 Å². The van der Waals surface area contributed by atoms with Crippen LogP contribution in [-0.2, 0) is 0 Å². The van der Waals surface area contributed by atoms with Crippen LogP contribution in [0.4, 0.5) is 21.5 Å². The number of hydrogen-bond acceptors (Lipinski definition) is 6. The molecule has 0 aliphatic carbocycles. The van der Waals surface area contributed by atoms with Gasteiger partial charge in [0.25, 0.3) is 0 Å². The summed E-state index contributed by atoms with van der Waals surface area (Å²) in [6.07, 6.45) is 1.56. The first-order valence-corrected chi connectivity index (χ1v) is 11.0. The van der Waals surface area contributed by atoms with Crippen LogP contribution >= 0.6 is 0 Å². The van der Waals surface area contributed by atoms with Crippen molar-refractivity contribution >= 4 is 34.4 Å². The predicted octanol–water partition coefficient (Wildman–Crippen LogP) is 8.12. The van der Waals surface area contributed by atoms with Gasteiger partial charge >= 0.3 is 0 Å². The summed E-state index contributed by atoms with van der Waals surface area (Å²) in [5, 5.41) is 19.0. The Hall–Kier alpha value is -4.65. The Balaban J connectivity index is 1.39. The number of azo groups is 1. The first kappa shape index (κ1) is 22.2. The SMILES string of the molecule is Cc1ccc(C)c(N=Nc2ccc(O)c(C=Nc3ccc4oc(-c5ccc(F)cc5)nc4c3)c2)c1. The molecule has 5 aromatic rings. The zero-order chi connectivity index (χ0) is 24.4. The Morgan fingerprint density at radius 3 is 2.49 bits per heavy atom. The summed E-state index contributed by atoms with van der Waals surface area (Å²) in [4.78, 5) is 8.96. The van der Waals surface area contributed by atoms with Gasteiger partial charge in [-0.2, -0.15) is 10.2 Å². The van der Waals surface area contributed by atoms with Gasteiger partial charge in [0.15, 0.2) is 5.58 Å². The molecule has 0 fully saturated rings. The van der Waals surface area contributed by atoms with Gasteiger partial charge in [-0.05, 0) is 91.7 Å². The third-order valence-corrected chi connectivity index (χ3v) is 5.46. The van der Waals surface area contributed by atoms with Crippen LogP contribution in [0.5, 0.6) is 5.75 Å². The molecule has 0 radical (unpaired) electrons. The summed E-state index contributed by atoms with van der Waals surface area (Å²) in [7, 11) is 0. The van der Waals surface area contributed by atoms with E-state index >= 15 is 0 Å². The van der Waals surface area contributed by atoms with Gasteiger partial charge in [-0.15, -0.1) is 0 Å². The molecule has 0 amide bonds. The summed E-state index contributed by atoms with van der Waals surface area (Å²) in [5.74, 6) is 0.168. The minimum Gasteiger partial charge on any atom is -0.507 e. The summed E-state index contributed by atoms with van der Waals surface area (Å²) < 4.78 is 19.0. The molecular weight excluding hydrogens is 443 g/mol. The fourth-order valence-electron chi connectivity index (χ4n) is 3.50. The number of hydrogen-bond donors (Lipinski definition) is 1. The number of benzene rings is 4. The highest BCUT2D eigenvalue weighted by atomic mass is 19.1. The van der Waals surface area contributed by atoms with E-state index in [2.05, 4.69) is 20.2 Å². The van der Waals surface area contributed by atoms with Gasteiger partial charge in [0.05, 0.1) is 17.1 Å². The Labute approximate surface area is 201 Å². The third kappa shape index (κ3) is 4.99. The lowest BCUT2D eigenvalue weighted by molar-refractivity contribution is 0.474. The lowest BCUT2D eigenvalue weighted by atomic mass is 10.1. The topological polar surface area (TPSA) is 83.3 Å². The van der Waals surface area contributed by atoms with Crippen molar-refractivity contribution in [1.29, 1.82) is 0 Å². The highest BCUT2D eigenvalue weighted by molar-refractivity contribution is 5.88. The van der Waals surface area contributed by atoms with Gasteiger partial charge in [-0.3, -0.25) is 4.99 Å². The number of phenolic OH excluding ortho intramolecular Hbond substituents is 1. The predicted molar refractivity (Wildman–Crippen MR) is 135 cm³/mol. The van der Waals surface area contributed by atoms with Gasteiger partial charge in [-0.1, -0.05) is 12.1 Å². The summed E-state index contributed by atoms with van der Waals surface area (Å²) in [6, 6.07) is 22.3. The van der Waals surface area contributed by atoms with Gasteiger partial charge in [0.1, 0.15) is 17.1 Å². The number of oxazole rings is 1. The van der Waals surface area contributed by atoms with Crippen LogP contribution in [0.2, 0.25) is 0 Å². The second kappa shape index (κ2) is 9.30. The average molecular weight is 465 g/mol. The smallest absolute Gasteiger partial charge is 0.227 e. The van der Waals surface area contributed by atoms with Gasteiger partial charge in [0, 0.05) is 17.3 Å². The Bertz CT molecular complexity index is 1590. The van der Waals surface area contributed by atoms with Crippen molar-refractivity contribution in [3.8, 4) is 17.2 Å². The van der Waals surface area contributed by atoms with Crippen LogP contribution in [0.15, 0.2) is 98.5 Å². The molecule has 0 aliphatic rings. The second-order valence-corrected chi connectivity index (χ2v) is 8.17. The van der Waals surface area contributed by atoms with Crippen molar-refractivity contribution in [3.05, 3.63) is 101 Å².